The summed E-state index contributed by atoms with van der Waals surface area (Å²) in [5, 5.41) is 1.98. The summed E-state index contributed by atoms with van der Waals surface area (Å²) in [5.74, 6) is 0.953. The second-order valence-electron chi connectivity index (χ2n) is 1.52. The Morgan fingerprint density at radius 2 is 2.56 bits per heavy atom. The number of halogens is 1. The smallest absolute Gasteiger partial charge is 0.131 e. The van der Waals surface area contributed by atoms with Gasteiger partial charge >= 0.3 is 0 Å². The SMILES string of the molecule is CCOc1csc(Br)c1. The average Bonchev–Trinajstić information content (AvgIpc) is 2.17. The Morgan fingerprint density at radius 3 is 3.00 bits per heavy atom. The van der Waals surface area contributed by atoms with Crippen molar-refractivity contribution in [2.45, 2.75) is 6.92 Å². The van der Waals surface area contributed by atoms with Crippen molar-refractivity contribution >= 4 is 27.3 Å². The van der Waals surface area contributed by atoms with Crippen molar-refractivity contribution in [3.63, 3.8) is 0 Å². The molecule has 0 N–H and O–H groups in total. The van der Waals surface area contributed by atoms with E-state index in [1.54, 1.807) is 11.3 Å². The highest BCUT2D eigenvalue weighted by Gasteiger charge is 1.93. The maximum Gasteiger partial charge on any atom is 0.131 e. The van der Waals surface area contributed by atoms with Crippen molar-refractivity contribution in [2.24, 2.45) is 0 Å². The van der Waals surface area contributed by atoms with Gasteiger partial charge in [-0.3, -0.25) is 0 Å². The number of ether oxygens (including phenoxy) is 1. The summed E-state index contributed by atoms with van der Waals surface area (Å²) in [6.45, 7) is 2.72. The molecule has 0 amide bonds. The number of thiophene rings is 1. The van der Waals surface area contributed by atoms with Crippen molar-refractivity contribution in [1.82, 2.24) is 0 Å². The third-order valence-electron chi connectivity index (χ3n) is 0.854. The van der Waals surface area contributed by atoms with Crippen LogP contribution in [-0.2, 0) is 0 Å². The summed E-state index contributed by atoms with van der Waals surface area (Å²) in [4.78, 5) is 0. The number of hydrogen-bond donors (Lipinski definition) is 0. The van der Waals surface area contributed by atoms with Gasteiger partial charge in [-0.15, -0.1) is 11.3 Å². The van der Waals surface area contributed by atoms with Gasteiger partial charge < -0.3 is 4.74 Å². The van der Waals surface area contributed by atoms with Gasteiger partial charge in [-0.2, -0.15) is 0 Å². The van der Waals surface area contributed by atoms with Crippen LogP contribution in [0.15, 0.2) is 15.2 Å². The van der Waals surface area contributed by atoms with Gasteiger partial charge in [-0.05, 0) is 22.9 Å². The Balaban J connectivity index is 2.61. The minimum Gasteiger partial charge on any atom is -0.493 e. The summed E-state index contributed by atoms with van der Waals surface area (Å²) in [7, 11) is 0. The lowest BCUT2D eigenvalue weighted by molar-refractivity contribution is 0.341. The van der Waals surface area contributed by atoms with E-state index in [1.807, 2.05) is 18.4 Å². The Morgan fingerprint density at radius 1 is 1.78 bits per heavy atom. The molecule has 1 heterocycles. The lowest BCUT2D eigenvalue weighted by Crippen LogP contribution is -1.87. The van der Waals surface area contributed by atoms with Crippen molar-refractivity contribution < 1.29 is 4.74 Å². The summed E-state index contributed by atoms with van der Waals surface area (Å²) in [5.41, 5.74) is 0. The molecule has 0 aliphatic heterocycles. The van der Waals surface area contributed by atoms with Crippen LogP contribution >= 0.6 is 27.3 Å². The fourth-order valence-corrected chi connectivity index (χ4v) is 1.59. The first-order chi connectivity index (χ1) is 4.33. The van der Waals surface area contributed by atoms with Crippen molar-refractivity contribution in [1.29, 1.82) is 0 Å². The lowest BCUT2D eigenvalue weighted by Gasteiger charge is -1.94. The Bertz CT molecular complexity index is 185. The molecule has 1 aromatic rings. The summed E-state index contributed by atoms with van der Waals surface area (Å²) in [6, 6.07) is 1.97. The molecule has 50 valence electrons. The van der Waals surface area contributed by atoms with Gasteiger partial charge in [0, 0.05) is 11.4 Å². The predicted molar refractivity (Wildman–Crippen MR) is 43.2 cm³/mol. The standard InChI is InChI=1S/C6H7BrOS/c1-2-8-5-3-6(7)9-4-5/h3-4H,2H2,1H3. The summed E-state index contributed by atoms with van der Waals surface area (Å²) < 4.78 is 6.32. The van der Waals surface area contributed by atoms with E-state index >= 15 is 0 Å². The fourth-order valence-electron chi connectivity index (χ4n) is 0.537. The van der Waals surface area contributed by atoms with E-state index in [-0.39, 0.29) is 0 Å². The van der Waals surface area contributed by atoms with Crippen molar-refractivity contribution in [2.75, 3.05) is 6.61 Å². The molecule has 0 unspecified atom stereocenters. The average molecular weight is 207 g/mol. The molecule has 0 saturated heterocycles. The first kappa shape index (κ1) is 7.09. The van der Waals surface area contributed by atoms with E-state index in [1.165, 1.54) is 0 Å². The molecule has 0 aliphatic rings. The zero-order valence-electron chi connectivity index (χ0n) is 5.06. The Kier molecular flexibility index (Phi) is 2.54. The van der Waals surface area contributed by atoms with Crippen molar-refractivity contribution in [3.8, 4) is 5.75 Å². The molecule has 1 nitrogen and oxygen atoms in total. The summed E-state index contributed by atoms with van der Waals surface area (Å²) in [6.07, 6.45) is 0. The zero-order valence-corrected chi connectivity index (χ0v) is 7.46. The van der Waals surface area contributed by atoms with Gasteiger partial charge in [-0.1, -0.05) is 0 Å². The minimum atomic E-state index is 0.739. The van der Waals surface area contributed by atoms with Crippen LogP contribution in [0.1, 0.15) is 6.92 Å². The molecule has 0 saturated carbocycles. The van der Waals surface area contributed by atoms with E-state index < -0.39 is 0 Å². The molecule has 0 spiro atoms. The maximum absolute atomic E-state index is 5.21. The van der Waals surface area contributed by atoms with Crippen LogP contribution in [0.2, 0.25) is 0 Å². The largest absolute Gasteiger partial charge is 0.493 e. The third-order valence-corrected chi connectivity index (χ3v) is 2.34. The summed E-state index contributed by atoms with van der Waals surface area (Å²) >= 11 is 4.98. The Hall–Kier alpha value is -0.0200. The van der Waals surface area contributed by atoms with Gasteiger partial charge in [0.2, 0.25) is 0 Å². The predicted octanol–water partition coefficient (Wildman–Crippen LogP) is 2.91. The highest BCUT2D eigenvalue weighted by molar-refractivity contribution is 9.11. The Labute approximate surface area is 66.8 Å². The molecule has 1 aromatic heterocycles. The van der Waals surface area contributed by atoms with Crippen LogP contribution in [0.25, 0.3) is 0 Å². The molecular weight excluding hydrogens is 200 g/mol. The van der Waals surface area contributed by atoms with Gasteiger partial charge in [0.1, 0.15) is 5.75 Å². The number of rotatable bonds is 2. The van der Waals surface area contributed by atoms with Gasteiger partial charge in [0.25, 0.3) is 0 Å². The van der Waals surface area contributed by atoms with Crippen LogP contribution < -0.4 is 4.74 Å². The van der Waals surface area contributed by atoms with Gasteiger partial charge in [0.15, 0.2) is 0 Å². The highest BCUT2D eigenvalue weighted by Crippen LogP contribution is 2.25. The van der Waals surface area contributed by atoms with E-state index in [9.17, 15) is 0 Å². The lowest BCUT2D eigenvalue weighted by atomic mass is 10.6. The van der Waals surface area contributed by atoms with Gasteiger partial charge in [0.05, 0.1) is 10.4 Å². The first-order valence-electron chi connectivity index (χ1n) is 2.69. The molecule has 0 aliphatic carbocycles. The molecule has 1 rings (SSSR count). The third kappa shape index (κ3) is 1.99. The maximum atomic E-state index is 5.21. The van der Waals surface area contributed by atoms with Crippen LogP contribution in [0.3, 0.4) is 0 Å². The highest BCUT2D eigenvalue weighted by atomic mass is 79.9. The minimum absolute atomic E-state index is 0.739. The molecule has 0 bridgehead atoms. The topological polar surface area (TPSA) is 9.23 Å². The molecule has 3 heteroatoms. The second kappa shape index (κ2) is 3.22. The quantitative estimate of drug-likeness (QED) is 0.724. The van der Waals surface area contributed by atoms with Crippen molar-refractivity contribution in [3.05, 3.63) is 15.2 Å². The van der Waals surface area contributed by atoms with Crippen LogP contribution in [0.5, 0.6) is 5.75 Å². The molecule has 0 atom stereocenters. The van der Waals surface area contributed by atoms with E-state index in [0.717, 1.165) is 16.1 Å². The molecule has 9 heavy (non-hydrogen) atoms. The normalized spacial score (nSPS) is 9.56. The number of hydrogen-bond acceptors (Lipinski definition) is 2. The van der Waals surface area contributed by atoms with E-state index in [2.05, 4.69) is 15.9 Å². The van der Waals surface area contributed by atoms with Crippen LogP contribution in [0, 0.1) is 0 Å². The van der Waals surface area contributed by atoms with Crippen LogP contribution in [0.4, 0.5) is 0 Å². The molecule has 0 radical (unpaired) electrons. The van der Waals surface area contributed by atoms with Gasteiger partial charge in [-0.25, -0.2) is 0 Å². The van der Waals surface area contributed by atoms with E-state index in [4.69, 9.17) is 4.74 Å². The fraction of sp³-hybridized carbons (Fsp3) is 0.333. The van der Waals surface area contributed by atoms with Crippen LogP contribution in [-0.4, -0.2) is 6.61 Å². The first-order valence-corrected chi connectivity index (χ1v) is 4.37. The second-order valence-corrected chi connectivity index (χ2v) is 3.81. The molecular formula is C6H7BrOS. The molecule has 0 fully saturated rings. The molecule has 0 aromatic carbocycles. The monoisotopic (exact) mass is 206 g/mol. The zero-order chi connectivity index (χ0) is 6.69. The van der Waals surface area contributed by atoms with E-state index in [0.29, 0.717) is 0 Å².